The average molecular weight is 414 g/mol. The average Bonchev–Trinajstić information content (AvgIpc) is 2.57. The first kappa shape index (κ1) is 21.0. The van der Waals surface area contributed by atoms with Crippen LogP contribution >= 0.6 is 0 Å². The first-order valence-electron chi connectivity index (χ1n) is 7.36. The second kappa shape index (κ2) is 10.1. The van der Waals surface area contributed by atoms with Crippen molar-refractivity contribution in [2.45, 2.75) is 13.3 Å². The predicted molar refractivity (Wildman–Crippen MR) is 89.0 cm³/mol. The van der Waals surface area contributed by atoms with Crippen LogP contribution in [0.1, 0.15) is 32.7 Å². The van der Waals surface area contributed by atoms with E-state index in [9.17, 15) is 14.4 Å². The maximum atomic E-state index is 12.2. The normalized spacial score (nSPS) is 9.64. The van der Waals surface area contributed by atoms with Gasteiger partial charge in [-0.3, -0.25) is 9.59 Å². The molecule has 0 saturated carbocycles. The van der Waals surface area contributed by atoms with E-state index in [-0.39, 0.29) is 51.6 Å². The van der Waals surface area contributed by atoms with E-state index >= 15 is 0 Å². The molecule has 0 unspecified atom stereocenters. The van der Waals surface area contributed by atoms with Gasteiger partial charge in [-0.15, -0.1) is 30.3 Å². The van der Waals surface area contributed by atoms with E-state index < -0.39 is 11.9 Å². The molecule has 0 heterocycles. The molecule has 1 radical (unpaired) electrons. The van der Waals surface area contributed by atoms with Gasteiger partial charge < -0.3 is 20.5 Å². The zero-order valence-corrected chi connectivity index (χ0v) is 16.5. The van der Waals surface area contributed by atoms with E-state index in [1.54, 1.807) is 42.5 Å². The third-order valence-corrected chi connectivity index (χ3v) is 3.33. The summed E-state index contributed by atoms with van der Waals surface area (Å²) in [4.78, 5) is 34.7. The van der Waals surface area contributed by atoms with Crippen LogP contribution in [0.15, 0.2) is 42.5 Å². The van der Waals surface area contributed by atoms with Crippen molar-refractivity contribution in [3.05, 3.63) is 65.2 Å². The minimum atomic E-state index is -0.980. The van der Waals surface area contributed by atoms with Crippen molar-refractivity contribution < 1.29 is 52.2 Å². The summed E-state index contributed by atoms with van der Waals surface area (Å²) in [5, 5.41) is 13.9. The number of hydrogen-bond donors (Lipinski definition) is 3. The van der Waals surface area contributed by atoms with Crippen molar-refractivity contribution in [3.8, 4) is 0 Å². The maximum Gasteiger partial charge on any atom is 0.305 e. The van der Waals surface area contributed by atoms with E-state index in [1.807, 2.05) is 6.92 Å². The van der Waals surface area contributed by atoms with Crippen LogP contribution in [-0.2, 0) is 37.5 Å². The van der Waals surface area contributed by atoms with Crippen molar-refractivity contribution in [1.82, 2.24) is 5.32 Å². The number of aliphatic carboxylic acids is 1. The number of carboxylic acids is 1. The van der Waals surface area contributed by atoms with Crippen LogP contribution in [0.5, 0.6) is 0 Å². The first-order chi connectivity index (χ1) is 11.5. The summed E-state index contributed by atoms with van der Waals surface area (Å²) < 4.78 is 0. The molecular weight excluding hydrogens is 397 g/mol. The Morgan fingerprint density at radius 3 is 2.52 bits per heavy atom. The van der Waals surface area contributed by atoms with Crippen molar-refractivity contribution >= 4 is 23.5 Å². The Morgan fingerprint density at radius 1 is 1.12 bits per heavy atom. The van der Waals surface area contributed by atoms with Crippen LogP contribution in [0, 0.1) is 13.0 Å². The first-order valence-corrected chi connectivity index (χ1v) is 7.36. The van der Waals surface area contributed by atoms with Gasteiger partial charge in [0.1, 0.15) is 0 Å². The molecule has 0 aliphatic rings. The molecule has 0 bridgehead atoms. The number of amides is 2. The molecule has 127 valence electrons. The molecule has 2 rings (SSSR count). The molecule has 25 heavy (non-hydrogen) atoms. The molecule has 7 heteroatoms. The maximum absolute atomic E-state index is 12.2. The Morgan fingerprint density at radius 2 is 1.88 bits per heavy atom. The summed E-state index contributed by atoms with van der Waals surface area (Å²) in [6.07, 6.45) is -0.148. The summed E-state index contributed by atoms with van der Waals surface area (Å²) in [5.41, 5.74) is 2.07. The number of nitrogens with one attached hydrogen (secondary N) is 2. The quantitative estimate of drug-likeness (QED) is 0.632. The summed E-state index contributed by atoms with van der Waals surface area (Å²) in [5.74, 6) is -1.69. The van der Waals surface area contributed by atoms with E-state index in [0.29, 0.717) is 16.8 Å². The minimum Gasteiger partial charge on any atom is -0.481 e. The van der Waals surface area contributed by atoms with Crippen molar-refractivity contribution in [3.63, 3.8) is 0 Å². The molecule has 0 spiro atoms. The van der Waals surface area contributed by atoms with Gasteiger partial charge in [0, 0.05) is 50.5 Å². The minimum absolute atomic E-state index is 0. The summed E-state index contributed by atoms with van der Waals surface area (Å²) in [7, 11) is 0. The summed E-state index contributed by atoms with van der Waals surface area (Å²) in [6, 6.07) is 14.5. The van der Waals surface area contributed by atoms with Gasteiger partial charge in [-0.25, -0.2) is 0 Å². The SMILES string of the molecule is Cc1ccc(C(=O)NCCC(=O)O)cc1NC(=O)c1[c-]cccc1.[Y]. The van der Waals surface area contributed by atoms with E-state index in [0.717, 1.165) is 5.56 Å². The van der Waals surface area contributed by atoms with Crippen LogP contribution in [0.3, 0.4) is 0 Å². The number of carboxylic acid groups (broad SMARTS) is 1. The van der Waals surface area contributed by atoms with Crippen molar-refractivity contribution in [1.29, 1.82) is 0 Å². The molecule has 0 atom stereocenters. The zero-order chi connectivity index (χ0) is 17.5. The molecule has 6 nitrogen and oxygen atoms in total. The van der Waals surface area contributed by atoms with E-state index in [2.05, 4.69) is 16.7 Å². The molecule has 0 aliphatic heterocycles. The Labute approximate surface area is 170 Å². The largest absolute Gasteiger partial charge is 0.481 e. The van der Waals surface area contributed by atoms with E-state index in [4.69, 9.17) is 5.11 Å². The molecule has 2 amide bonds. The van der Waals surface area contributed by atoms with Gasteiger partial charge in [0.15, 0.2) is 5.91 Å². The summed E-state index contributed by atoms with van der Waals surface area (Å²) in [6.45, 7) is 1.86. The topological polar surface area (TPSA) is 95.5 Å². The molecule has 0 fully saturated rings. The second-order valence-electron chi connectivity index (χ2n) is 5.16. The zero-order valence-electron chi connectivity index (χ0n) is 13.7. The summed E-state index contributed by atoms with van der Waals surface area (Å²) >= 11 is 0. The van der Waals surface area contributed by atoms with Gasteiger partial charge in [0.2, 0.25) is 0 Å². The number of aryl methyl sites for hydroxylation is 1. The fraction of sp³-hybridized carbons (Fsp3) is 0.167. The van der Waals surface area contributed by atoms with Gasteiger partial charge in [0.05, 0.1) is 6.42 Å². The number of anilines is 1. The Balaban J connectivity index is 0.00000312. The fourth-order valence-corrected chi connectivity index (χ4v) is 2.01. The molecular formula is C18H17N2O4Y-. The number of benzene rings is 2. The molecule has 2 aromatic carbocycles. The number of rotatable bonds is 6. The molecule has 0 saturated heterocycles. The smallest absolute Gasteiger partial charge is 0.305 e. The van der Waals surface area contributed by atoms with Crippen LogP contribution < -0.4 is 10.6 Å². The Hall–Kier alpha value is -2.05. The third-order valence-electron chi connectivity index (χ3n) is 3.33. The van der Waals surface area contributed by atoms with Crippen LogP contribution in [0.25, 0.3) is 0 Å². The van der Waals surface area contributed by atoms with Crippen molar-refractivity contribution in [2.75, 3.05) is 11.9 Å². The molecule has 0 aromatic heterocycles. The van der Waals surface area contributed by atoms with Crippen LogP contribution in [0.4, 0.5) is 5.69 Å². The standard InChI is InChI=1S/C18H17N2O4.Y/c1-12-7-8-14(17(23)19-10-9-16(21)22)11-15(12)20-18(24)13-5-3-2-4-6-13;/h2-5,7-8,11H,9-10H2,1H3,(H,19,23)(H,20,24)(H,21,22);/q-1;. The number of carbonyl (C=O) groups excluding carboxylic acids is 2. The van der Waals surface area contributed by atoms with Gasteiger partial charge in [-0.1, -0.05) is 11.6 Å². The molecule has 0 aliphatic carbocycles. The third kappa shape index (κ3) is 6.40. The van der Waals surface area contributed by atoms with Crippen LogP contribution in [-0.4, -0.2) is 29.4 Å². The second-order valence-corrected chi connectivity index (χ2v) is 5.16. The number of hydrogen-bond acceptors (Lipinski definition) is 3. The Kier molecular flexibility index (Phi) is 8.45. The predicted octanol–water partition coefficient (Wildman–Crippen LogP) is 2.25. The van der Waals surface area contributed by atoms with E-state index in [1.165, 1.54) is 0 Å². The van der Waals surface area contributed by atoms with Gasteiger partial charge in [-0.2, -0.15) is 0 Å². The number of carbonyl (C=O) groups is 3. The van der Waals surface area contributed by atoms with Gasteiger partial charge in [0.25, 0.3) is 5.91 Å². The van der Waals surface area contributed by atoms with Crippen molar-refractivity contribution in [2.24, 2.45) is 0 Å². The van der Waals surface area contributed by atoms with Gasteiger partial charge in [-0.05, 0) is 24.6 Å². The molecule has 3 N–H and O–H groups in total. The van der Waals surface area contributed by atoms with Gasteiger partial charge >= 0.3 is 5.97 Å². The fourth-order valence-electron chi connectivity index (χ4n) is 2.01. The molecule has 2 aromatic rings. The van der Waals surface area contributed by atoms with Crippen LogP contribution in [0.2, 0.25) is 0 Å². The Bertz CT molecular complexity index is 763. The monoisotopic (exact) mass is 414 g/mol.